The van der Waals surface area contributed by atoms with Gasteiger partial charge in [0.2, 0.25) is 0 Å². The molecule has 0 aromatic rings. The Morgan fingerprint density at radius 3 is 2.78 bits per heavy atom. The Balaban J connectivity index is 3.27. The van der Waals surface area contributed by atoms with Crippen molar-refractivity contribution < 1.29 is 8.76 Å². The maximum Gasteiger partial charge on any atom is 0.0247 e. The lowest BCUT2D eigenvalue weighted by atomic mass is 10.3. The van der Waals surface area contributed by atoms with Crippen molar-refractivity contribution in [1.29, 1.82) is 0 Å². The first-order chi connectivity index (χ1) is 4.27. The Morgan fingerprint density at radius 1 is 1.67 bits per heavy atom. The molecule has 0 radical (unpaired) electrons. The highest BCUT2D eigenvalue weighted by atomic mass is 32.2. The van der Waals surface area contributed by atoms with Crippen LogP contribution >= 0.6 is 0 Å². The molecular formula is C6H9O2S-. The summed E-state index contributed by atoms with van der Waals surface area (Å²) >= 11 is -2.18. The summed E-state index contributed by atoms with van der Waals surface area (Å²) in [5.41, 5.74) is 0. The normalized spacial score (nSPS) is 11.8. The highest BCUT2D eigenvalue weighted by molar-refractivity contribution is 7.84. The van der Waals surface area contributed by atoms with Crippen molar-refractivity contribution >= 4 is 11.1 Å². The molecule has 0 saturated heterocycles. The van der Waals surface area contributed by atoms with Gasteiger partial charge in [-0.05, 0) is 11.7 Å². The maximum atomic E-state index is 9.79. The van der Waals surface area contributed by atoms with Crippen LogP contribution in [0.4, 0.5) is 0 Å². The number of hydrogen-bond donors (Lipinski definition) is 0. The molecule has 0 aromatic carbocycles. The van der Waals surface area contributed by atoms with E-state index >= 15 is 0 Å². The second-order valence-corrected chi connectivity index (χ2v) is 2.29. The summed E-state index contributed by atoms with van der Waals surface area (Å²) in [5.74, 6) is 2.52. The molecule has 0 aliphatic heterocycles. The number of rotatable bonds is 2. The minimum Gasteiger partial charge on any atom is -0.762 e. The van der Waals surface area contributed by atoms with Gasteiger partial charge >= 0.3 is 0 Å². The summed E-state index contributed by atoms with van der Waals surface area (Å²) in [6.45, 7) is 2.04. The lowest BCUT2D eigenvalue weighted by molar-refractivity contribution is 0.548. The lowest BCUT2D eigenvalue weighted by Gasteiger charge is -1.88. The largest absolute Gasteiger partial charge is 0.762 e. The van der Waals surface area contributed by atoms with Gasteiger partial charge in [-0.25, -0.2) is 0 Å². The van der Waals surface area contributed by atoms with Crippen LogP contribution in [0.25, 0.3) is 0 Å². The molecule has 0 spiro atoms. The molecule has 9 heavy (non-hydrogen) atoms. The second kappa shape index (κ2) is 5.80. The van der Waals surface area contributed by atoms with Crippen molar-refractivity contribution in [2.24, 2.45) is 0 Å². The van der Waals surface area contributed by atoms with Crippen LogP contribution in [-0.4, -0.2) is 8.76 Å². The molecule has 0 aliphatic rings. The quantitative estimate of drug-likeness (QED) is 0.330. The monoisotopic (exact) mass is 145 g/mol. The van der Waals surface area contributed by atoms with Crippen molar-refractivity contribution in [3.05, 3.63) is 0 Å². The van der Waals surface area contributed by atoms with Gasteiger partial charge in [0.1, 0.15) is 0 Å². The molecule has 3 heteroatoms. The van der Waals surface area contributed by atoms with E-state index in [9.17, 15) is 8.76 Å². The van der Waals surface area contributed by atoms with E-state index in [4.69, 9.17) is 0 Å². The van der Waals surface area contributed by atoms with Crippen molar-refractivity contribution in [2.75, 3.05) is 0 Å². The summed E-state index contributed by atoms with van der Waals surface area (Å²) < 4.78 is 19.6. The third-order valence-corrected chi connectivity index (χ3v) is 1.12. The molecule has 1 atom stereocenters. The summed E-state index contributed by atoms with van der Waals surface area (Å²) in [6.07, 6.45) is 2.72. The number of unbranched alkanes of at least 4 members (excludes halogenated alkanes) is 2. The van der Waals surface area contributed by atoms with Gasteiger partial charge in [0.15, 0.2) is 0 Å². The molecule has 0 aromatic heterocycles. The minimum atomic E-state index is -2.18. The molecule has 0 N–H and O–H groups in total. The topological polar surface area (TPSA) is 40.1 Å². The standard InChI is InChI=1S/C6H10O2S/c1-2-3-4-5-6-9(7)8/h2-4H2,1H3,(H,7,8)/p-1. The van der Waals surface area contributed by atoms with E-state index in [1.165, 1.54) is 0 Å². The van der Waals surface area contributed by atoms with Gasteiger partial charge < -0.3 is 4.55 Å². The van der Waals surface area contributed by atoms with Gasteiger partial charge in [-0.15, -0.1) is 0 Å². The van der Waals surface area contributed by atoms with Crippen molar-refractivity contribution in [3.63, 3.8) is 0 Å². The van der Waals surface area contributed by atoms with E-state index in [0.717, 1.165) is 12.8 Å². The molecule has 0 heterocycles. The second-order valence-electron chi connectivity index (χ2n) is 1.62. The van der Waals surface area contributed by atoms with Gasteiger partial charge in [0.05, 0.1) is 0 Å². The van der Waals surface area contributed by atoms with Crippen LogP contribution in [0.15, 0.2) is 0 Å². The maximum absolute atomic E-state index is 9.79. The molecule has 0 fully saturated rings. The fourth-order valence-corrected chi connectivity index (χ4v) is 0.595. The molecular weight excluding hydrogens is 136 g/mol. The summed E-state index contributed by atoms with van der Waals surface area (Å²) in [7, 11) is 0. The van der Waals surface area contributed by atoms with Crippen molar-refractivity contribution in [1.82, 2.24) is 0 Å². The predicted molar refractivity (Wildman–Crippen MR) is 36.2 cm³/mol. The van der Waals surface area contributed by atoms with Crippen LogP contribution < -0.4 is 0 Å². The third kappa shape index (κ3) is 7.67. The Kier molecular flexibility index (Phi) is 5.59. The average Bonchev–Trinajstić information content (AvgIpc) is 1.80. The highest BCUT2D eigenvalue weighted by Crippen LogP contribution is 1.90. The zero-order chi connectivity index (χ0) is 7.11. The molecule has 0 rings (SSSR count). The van der Waals surface area contributed by atoms with Crippen LogP contribution in [0.1, 0.15) is 26.2 Å². The smallest absolute Gasteiger partial charge is 0.0247 e. The fraction of sp³-hybridized carbons (Fsp3) is 0.667. The Morgan fingerprint density at radius 2 is 2.33 bits per heavy atom. The molecule has 0 amide bonds. The summed E-state index contributed by atoms with van der Waals surface area (Å²) in [6, 6.07) is 0. The lowest BCUT2D eigenvalue weighted by Crippen LogP contribution is -1.77. The van der Waals surface area contributed by atoms with E-state index in [1.54, 1.807) is 0 Å². The zero-order valence-corrected chi connectivity index (χ0v) is 6.16. The van der Waals surface area contributed by atoms with Crippen LogP contribution in [0.3, 0.4) is 0 Å². The van der Waals surface area contributed by atoms with E-state index in [0.29, 0.717) is 6.42 Å². The Labute approximate surface area is 57.9 Å². The molecule has 0 aliphatic carbocycles. The van der Waals surface area contributed by atoms with E-state index in [-0.39, 0.29) is 0 Å². The van der Waals surface area contributed by atoms with Crippen molar-refractivity contribution in [2.45, 2.75) is 26.2 Å². The van der Waals surface area contributed by atoms with E-state index in [2.05, 4.69) is 5.92 Å². The first-order valence-electron chi connectivity index (χ1n) is 2.85. The minimum absolute atomic E-state index is 0.685. The SMILES string of the molecule is CCCCC#CS(=O)[O-]. The summed E-state index contributed by atoms with van der Waals surface area (Å²) in [5, 5.41) is 2.05. The van der Waals surface area contributed by atoms with Gasteiger partial charge in [0, 0.05) is 17.5 Å². The van der Waals surface area contributed by atoms with Gasteiger partial charge in [-0.1, -0.05) is 19.3 Å². The van der Waals surface area contributed by atoms with Crippen molar-refractivity contribution in [3.8, 4) is 11.2 Å². The van der Waals surface area contributed by atoms with Crippen LogP contribution in [0, 0.1) is 11.2 Å². The zero-order valence-electron chi connectivity index (χ0n) is 5.35. The van der Waals surface area contributed by atoms with Gasteiger partial charge in [-0.2, -0.15) is 0 Å². The first kappa shape index (κ1) is 8.67. The van der Waals surface area contributed by atoms with Crippen LogP contribution in [-0.2, 0) is 11.1 Å². The van der Waals surface area contributed by atoms with Gasteiger partial charge in [-0.3, -0.25) is 4.21 Å². The molecule has 2 nitrogen and oxygen atoms in total. The molecule has 52 valence electrons. The van der Waals surface area contributed by atoms with E-state index in [1.807, 2.05) is 12.2 Å². The molecule has 0 saturated carbocycles. The highest BCUT2D eigenvalue weighted by Gasteiger charge is 1.74. The fourth-order valence-electron chi connectivity index (χ4n) is 0.375. The Bertz CT molecular complexity index is 143. The van der Waals surface area contributed by atoms with Crippen LogP contribution in [0.2, 0.25) is 0 Å². The molecule has 1 unspecified atom stereocenters. The molecule has 0 bridgehead atoms. The predicted octanol–water partition coefficient (Wildman–Crippen LogP) is 1.02. The Hall–Kier alpha value is -0.330. The summed E-state index contributed by atoms with van der Waals surface area (Å²) in [4.78, 5) is 0. The van der Waals surface area contributed by atoms with Gasteiger partial charge in [0.25, 0.3) is 0 Å². The third-order valence-electron chi connectivity index (χ3n) is 0.811. The van der Waals surface area contributed by atoms with Crippen LogP contribution in [0.5, 0.6) is 0 Å². The average molecular weight is 145 g/mol. The van der Waals surface area contributed by atoms with E-state index < -0.39 is 11.1 Å². The number of hydrogen-bond acceptors (Lipinski definition) is 2. The first-order valence-corrected chi connectivity index (χ1v) is 3.92.